The van der Waals surface area contributed by atoms with Crippen LogP contribution in [0.4, 0.5) is 0 Å². The first kappa shape index (κ1) is 16.5. The van der Waals surface area contributed by atoms with Gasteiger partial charge >= 0.3 is 5.69 Å². The third kappa shape index (κ3) is 2.49. The summed E-state index contributed by atoms with van der Waals surface area (Å²) in [6, 6.07) is -0.0744. The summed E-state index contributed by atoms with van der Waals surface area (Å²) in [5.74, 6) is 0.975. The van der Waals surface area contributed by atoms with Crippen LogP contribution in [-0.2, 0) is 13.6 Å². The molecule has 22 heavy (non-hydrogen) atoms. The van der Waals surface area contributed by atoms with E-state index in [2.05, 4.69) is 4.98 Å². The first-order valence-electron chi connectivity index (χ1n) is 7.73. The minimum Gasteiger partial charge on any atom is -0.330 e. The summed E-state index contributed by atoms with van der Waals surface area (Å²) in [6.45, 7) is 8.65. The van der Waals surface area contributed by atoms with Gasteiger partial charge in [0, 0.05) is 25.6 Å². The van der Waals surface area contributed by atoms with E-state index in [1.54, 1.807) is 9.13 Å². The Balaban J connectivity index is 2.93. The molecule has 2 heterocycles. The molecule has 0 aromatic carbocycles. The zero-order valence-electron chi connectivity index (χ0n) is 14.0. The van der Waals surface area contributed by atoms with Crippen molar-refractivity contribution in [1.82, 2.24) is 18.7 Å². The normalized spacial score (nSPS) is 12.0. The molecule has 0 saturated heterocycles. The summed E-state index contributed by atoms with van der Waals surface area (Å²) < 4.78 is 4.68. The summed E-state index contributed by atoms with van der Waals surface area (Å²) in [7, 11) is 1.83. The molecule has 2 rings (SSSR count). The molecule has 0 radical (unpaired) electrons. The van der Waals surface area contributed by atoms with Gasteiger partial charge in [0.05, 0.1) is 0 Å². The number of aryl methyl sites for hydroxylation is 1. The highest BCUT2D eigenvalue weighted by Crippen LogP contribution is 2.19. The third-order valence-corrected chi connectivity index (χ3v) is 3.84. The van der Waals surface area contributed by atoms with E-state index in [1.165, 1.54) is 4.57 Å². The molecular formula is C15H25N5O2. The summed E-state index contributed by atoms with van der Waals surface area (Å²) >= 11 is 0. The summed E-state index contributed by atoms with van der Waals surface area (Å²) in [5.41, 5.74) is 5.88. The summed E-state index contributed by atoms with van der Waals surface area (Å²) in [4.78, 5) is 30.0. The Bertz CT molecular complexity index is 795. The van der Waals surface area contributed by atoms with Gasteiger partial charge in [0.15, 0.2) is 11.2 Å². The van der Waals surface area contributed by atoms with Crippen LogP contribution in [0.25, 0.3) is 11.2 Å². The molecule has 0 bridgehead atoms. The van der Waals surface area contributed by atoms with Gasteiger partial charge in [-0.2, -0.15) is 0 Å². The second-order valence-corrected chi connectivity index (χ2v) is 6.20. The first-order valence-corrected chi connectivity index (χ1v) is 7.73. The van der Waals surface area contributed by atoms with Crippen LogP contribution in [0.2, 0.25) is 0 Å². The Morgan fingerprint density at radius 2 is 1.82 bits per heavy atom. The summed E-state index contributed by atoms with van der Waals surface area (Å²) in [6.07, 6.45) is 0.591. The minimum absolute atomic E-state index is 0.0744. The Morgan fingerprint density at radius 3 is 2.32 bits per heavy atom. The fraction of sp³-hybridized carbons (Fsp3) is 0.667. The van der Waals surface area contributed by atoms with Crippen LogP contribution in [0.15, 0.2) is 9.59 Å². The zero-order chi connectivity index (χ0) is 16.6. The van der Waals surface area contributed by atoms with E-state index in [0.29, 0.717) is 30.7 Å². The highest BCUT2D eigenvalue weighted by molar-refractivity contribution is 5.71. The number of hydrogen-bond acceptors (Lipinski definition) is 4. The van der Waals surface area contributed by atoms with Crippen LogP contribution in [0.3, 0.4) is 0 Å². The first-order chi connectivity index (χ1) is 10.3. The Hall–Kier alpha value is -1.89. The lowest BCUT2D eigenvalue weighted by molar-refractivity contribution is 0.514. The average Bonchev–Trinajstić information content (AvgIpc) is 2.76. The smallest absolute Gasteiger partial charge is 0.330 e. The number of nitrogens with zero attached hydrogens (tertiary/aromatic N) is 4. The van der Waals surface area contributed by atoms with Crippen molar-refractivity contribution in [2.45, 2.75) is 52.6 Å². The predicted octanol–water partition coefficient (Wildman–Crippen LogP) is 0.950. The Labute approximate surface area is 129 Å². The van der Waals surface area contributed by atoms with Crippen LogP contribution in [-0.4, -0.2) is 25.2 Å². The number of nitrogens with two attached hydrogens (primary N) is 1. The molecule has 2 N–H and O–H groups in total. The van der Waals surface area contributed by atoms with E-state index in [0.717, 1.165) is 5.82 Å². The quantitative estimate of drug-likeness (QED) is 0.891. The molecule has 122 valence electrons. The van der Waals surface area contributed by atoms with E-state index in [4.69, 9.17) is 5.73 Å². The molecular weight excluding hydrogens is 282 g/mol. The molecule has 0 fully saturated rings. The van der Waals surface area contributed by atoms with E-state index < -0.39 is 0 Å². The summed E-state index contributed by atoms with van der Waals surface area (Å²) in [5, 5.41) is 0. The van der Waals surface area contributed by atoms with Crippen molar-refractivity contribution >= 4 is 11.2 Å². The number of imidazole rings is 1. The molecule has 0 amide bonds. The lowest BCUT2D eigenvalue weighted by Gasteiger charge is -2.14. The van der Waals surface area contributed by atoms with Gasteiger partial charge in [-0.3, -0.25) is 13.9 Å². The van der Waals surface area contributed by atoms with Gasteiger partial charge in [-0.15, -0.1) is 0 Å². The van der Waals surface area contributed by atoms with E-state index in [1.807, 2.05) is 34.7 Å². The van der Waals surface area contributed by atoms with Gasteiger partial charge in [-0.05, 0) is 26.8 Å². The van der Waals surface area contributed by atoms with Crippen molar-refractivity contribution in [1.29, 1.82) is 0 Å². The molecule has 2 aromatic heterocycles. The maximum Gasteiger partial charge on any atom is 0.332 e. The van der Waals surface area contributed by atoms with Crippen molar-refractivity contribution in [3.05, 3.63) is 26.7 Å². The number of rotatable bonds is 5. The molecule has 0 aliphatic carbocycles. The third-order valence-electron chi connectivity index (χ3n) is 3.84. The lowest BCUT2D eigenvalue weighted by Crippen LogP contribution is -2.41. The largest absolute Gasteiger partial charge is 0.332 e. The maximum absolute atomic E-state index is 12.7. The number of aromatic nitrogens is 4. The highest BCUT2D eigenvalue weighted by Gasteiger charge is 2.22. The molecule has 0 atom stereocenters. The van der Waals surface area contributed by atoms with Crippen molar-refractivity contribution in [2.75, 3.05) is 6.54 Å². The Kier molecular flexibility index (Phi) is 4.55. The molecule has 0 aliphatic rings. The monoisotopic (exact) mass is 307 g/mol. The predicted molar refractivity (Wildman–Crippen MR) is 87.4 cm³/mol. The molecule has 0 unspecified atom stereocenters. The number of fused-ring (bicyclic) bond motifs is 1. The molecule has 7 nitrogen and oxygen atoms in total. The van der Waals surface area contributed by atoms with Crippen molar-refractivity contribution < 1.29 is 0 Å². The SMILES string of the molecule is CC(C)c1nc2c(c(=O)n(CCCN)c(=O)n2C(C)C)n1C. The topological polar surface area (TPSA) is 87.8 Å². The van der Waals surface area contributed by atoms with Crippen molar-refractivity contribution in [2.24, 2.45) is 12.8 Å². The fourth-order valence-corrected chi connectivity index (χ4v) is 2.77. The van der Waals surface area contributed by atoms with Crippen molar-refractivity contribution in [3.63, 3.8) is 0 Å². The van der Waals surface area contributed by atoms with E-state index >= 15 is 0 Å². The Morgan fingerprint density at radius 1 is 1.18 bits per heavy atom. The average molecular weight is 307 g/mol. The van der Waals surface area contributed by atoms with Crippen LogP contribution in [0.5, 0.6) is 0 Å². The standard InChI is InChI=1S/C15H25N5O2/c1-9(2)12-17-13-11(18(12)5)14(21)19(8-6-7-16)15(22)20(13)10(3)4/h9-10H,6-8,16H2,1-5H3. The molecule has 0 spiro atoms. The van der Waals surface area contributed by atoms with Gasteiger partial charge in [-0.25, -0.2) is 9.78 Å². The number of hydrogen-bond donors (Lipinski definition) is 1. The highest BCUT2D eigenvalue weighted by atomic mass is 16.2. The van der Waals surface area contributed by atoms with E-state index in [-0.39, 0.29) is 23.2 Å². The van der Waals surface area contributed by atoms with E-state index in [9.17, 15) is 9.59 Å². The molecule has 2 aromatic rings. The van der Waals surface area contributed by atoms with Crippen LogP contribution >= 0.6 is 0 Å². The second kappa shape index (κ2) is 6.08. The molecule has 0 saturated carbocycles. The van der Waals surface area contributed by atoms with Gasteiger partial charge < -0.3 is 10.3 Å². The zero-order valence-corrected chi connectivity index (χ0v) is 14.0. The van der Waals surface area contributed by atoms with Gasteiger partial charge in [0.25, 0.3) is 5.56 Å². The van der Waals surface area contributed by atoms with Gasteiger partial charge in [-0.1, -0.05) is 13.8 Å². The van der Waals surface area contributed by atoms with Gasteiger partial charge in [0.1, 0.15) is 5.82 Å². The lowest BCUT2D eigenvalue weighted by atomic mass is 10.2. The molecule has 0 aliphatic heterocycles. The van der Waals surface area contributed by atoms with Crippen LogP contribution in [0.1, 0.15) is 51.9 Å². The van der Waals surface area contributed by atoms with Crippen LogP contribution in [0, 0.1) is 0 Å². The molecule has 7 heteroatoms. The van der Waals surface area contributed by atoms with Crippen molar-refractivity contribution in [3.8, 4) is 0 Å². The van der Waals surface area contributed by atoms with Gasteiger partial charge in [0.2, 0.25) is 0 Å². The van der Waals surface area contributed by atoms with Crippen LogP contribution < -0.4 is 17.0 Å². The minimum atomic E-state index is -0.311. The second-order valence-electron chi connectivity index (χ2n) is 6.20. The fourth-order valence-electron chi connectivity index (χ4n) is 2.77. The maximum atomic E-state index is 12.7.